The molecule has 0 spiro atoms. The van der Waals surface area contributed by atoms with Gasteiger partial charge < -0.3 is 0 Å². The lowest BCUT2D eigenvalue weighted by atomic mass is 10.0. The van der Waals surface area contributed by atoms with Gasteiger partial charge in [0.1, 0.15) is 30.0 Å². The number of unbranched alkanes of at least 4 members (excludes halogenated alkanes) is 1. The van der Waals surface area contributed by atoms with Crippen molar-refractivity contribution in [3.05, 3.63) is 75.7 Å². The Bertz CT molecular complexity index is 1210. The zero-order valence-corrected chi connectivity index (χ0v) is 18.1. The van der Waals surface area contributed by atoms with E-state index in [1.165, 1.54) is 4.88 Å². The van der Waals surface area contributed by atoms with Crippen molar-refractivity contribution in [1.82, 2.24) is 29.5 Å². The van der Waals surface area contributed by atoms with E-state index in [-0.39, 0.29) is 0 Å². The molecule has 9 heteroatoms. The van der Waals surface area contributed by atoms with E-state index in [9.17, 15) is 0 Å². The van der Waals surface area contributed by atoms with Gasteiger partial charge in [0.2, 0.25) is 0 Å². The summed E-state index contributed by atoms with van der Waals surface area (Å²) in [6.07, 6.45) is 6.46. The van der Waals surface area contributed by atoms with Crippen LogP contribution >= 0.6 is 22.9 Å². The van der Waals surface area contributed by atoms with Crippen molar-refractivity contribution in [2.45, 2.75) is 39.3 Å². The van der Waals surface area contributed by atoms with Gasteiger partial charge in [0.15, 0.2) is 5.82 Å². The second-order valence-corrected chi connectivity index (χ2v) is 8.71. The Kier molecular flexibility index (Phi) is 5.18. The van der Waals surface area contributed by atoms with Crippen LogP contribution in [0.3, 0.4) is 0 Å². The summed E-state index contributed by atoms with van der Waals surface area (Å²) in [7, 11) is 0. The molecule has 0 saturated carbocycles. The number of hydrogen-bond donors (Lipinski definition) is 0. The van der Waals surface area contributed by atoms with Crippen LogP contribution in [-0.4, -0.2) is 35.2 Å². The highest BCUT2D eigenvalue weighted by molar-refractivity contribution is 7.15. The molecule has 0 N–H and O–H groups in total. The standard InChI is InChI=1S/C21H20ClN7S/c1-14-26-27-19-11-24-20(16-7-2-3-8-18(16)22)17-10-15(30-21(17)29(14)19)6-4-5-9-28-13-23-12-25-28/h2-3,7-8,10,12-13H,4-6,9,11H2,1H3. The lowest BCUT2D eigenvalue weighted by molar-refractivity contribution is 0.557. The number of hydrogen-bond acceptors (Lipinski definition) is 6. The normalized spacial score (nSPS) is 12.9. The fraction of sp³-hybridized carbons (Fsp3) is 0.286. The summed E-state index contributed by atoms with van der Waals surface area (Å²) in [6, 6.07) is 10.1. The number of aromatic nitrogens is 6. The van der Waals surface area contributed by atoms with E-state index in [0.29, 0.717) is 11.6 Å². The molecule has 30 heavy (non-hydrogen) atoms. The molecule has 0 unspecified atom stereocenters. The smallest absolute Gasteiger partial charge is 0.160 e. The summed E-state index contributed by atoms with van der Waals surface area (Å²) in [4.78, 5) is 10.2. The maximum atomic E-state index is 6.53. The van der Waals surface area contributed by atoms with Crippen LogP contribution in [0.15, 0.2) is 48.0 Å². The van der Waals surface area contributed by atoms with Gasteiger partial charge in [-0.3, -0.25) is 14.2 Å². The van der Waals surface area contributed by atoms with Crippen LogP contribution in [0.5, 0.6) is 0 Å². The van der Waals surface area contributed by atoms with Crippen LogP contribution in [0, 0.1) is 6.92 Å². The van der Waals surface area contributed by atoms with E-state index in [1.54, 1.807) is 24.0 Å². The van der Waals surface area contributed by atoms with Crippen molar-refractivity contribution in [3.8, 4) is 5.00 Å². The number of nitrogens with zero attached hydrogens (tertiary/aromatic N) is 7. The summed E-state index contributed by atoms with van der Waals surface area (Å²) < 4.78 is 4.00. The first-order valence-electron chi connectivity index (χ1n) is 9.87. The van der Waals surface area contributed by atoms with Crippen LogP contribution in [0.1, 0.15) is 40.5 Å². The molecule has 4 heterocycles. The molecule has 1 aromatic carbocycles. The molecule has 7 nitrogen and oxygen atoms in total. The van der Waals surface area contributed by atoms with E-state index in [1.807, 2.05) is 35.9 Å². The highest BCUT2D eigenvalue weighted by Gasteiger charge is 2.25. The summed E-state index contributed by atoms with van der Waals surface area (Å²) in [5.41, 5.74) is 2.97. The maximum Gasteiger partial charge on any atom is 0.160 e. The first kappa shape index (κ1) is 19.1. The van der Waals surface area contributed by atoms with Crippen molar-refractivity contribution >= 4 is 28.6 Å². The molecule has 152 valence electrons. The van der Waals surface area contributed by atoms with Gasteiger partial charge in [-0.25, -0.2) is 4.98 Å². The predicted molar refractivity (Wildman–Crippen MR) is 118 cm³/mol. The van der Waals surface area contributed by atoms with Crippen LogP contribution < -0.4 is 0 Å². The number of thiophene rings is 1. The lowest BCUT2D eigenvalue weighted by Gasteiger charge is -2.08. The number of aliphatic imine (C=N–C) groups is 1. The second-order valence-electron chi connectivity index (χ2n) is 7.19. The number of fused-ring (bicyclic) bond motifs is 3. The van der Waals surface area contributed by atoms with Gasteiger partial charge in [-0.15, -0.1) is 21.5 Å². The van der Waals surface area contributed by atoms with E-state index >= 15 is 0 Å². The van der Waals surface area contributed by atoms with Crippen molar-refractivity contribution in [1.29, 1.82) is 0 Å². The summed E-state index contributed by atoms with van der Waals surface area (Å²) in [5, 5.41) is 14.6. The van der Waals surface area contributed by atoms with Gasteiger partial charge >= 0.3 is 0 Å². The SMILES string of the molecule is Cc1nnc2n1-c1sc(CCCCn3cncn3)cc1C(c1ccccc1Cl)=NC2. The van der Waals surface area contributed by atoms with E-state index in [0.717, 1.165) is 59.3 Å². The average molecular weight is 438 g/mol. The third kappa shape index (κ3) is 3.57. The first-order valence-corrected chi connectivity index (χ1v) is 11.1. The lowest BCUT2D eigenvalue weighted by Crippen LogP contribution is -2.05. The molecule has 4 aromatic rings. The predicted octanol–water partition coefficient (Wildman–Crippen LogP) is 4.26. The molecule has 0 saturated heterocycles. The fourth-order valence-electron chi connectivity index (χ4n) is 3.70. The average Bonchev–Trinajstić information content (AvgIpc) is 3.46. The summed E-state index contributed by atoms with van der Waals surface area (Å²) >= 11 is 8.31. The van der Waals surface area contributed by atoms with Gasteiger partial charge in [-0.2, -0.15) is 5.10 Å². The van der Waals surface area contributed by atoms with Crippen molar-refractivity contribution < 1.29 is 0 Å². The molecular weight excluding hydrogens is 418 g/mol. The third-order valence-electron chi connectivity index (χ3n) is 5.15. The van der Waals surface area contributed by atoms with Crippen molar-refractivity contribution in [3.63, 3.8) is 0 Å². The number of aryl methyl sites for hydroxylation is 3. The monoisotopic (exact) mass is 437 g/mol. The van der Waals surface area contributed by atoms with Crippen LogP contribution in [0.25, 0.3) is 5.00 Å². The minimum Gasteiger partial charge on any atom is -0.276 e. The maximum absolute atomic E-state index is 6.53. The number of rotatable bonds is 6. The summed E-state index contributed by atoms with van der Waals surface area (Å²) in [5.74, 6) is 1.73. The van der Waals surface area contributed by atoms with Crippen LogP contribution in [-0.2, 0) is 19.5 Å². The zero-order valence-electron chi connectivity index (χ0n) is 16.5. The van der Waals surface area contributed by atoms with Gasteiger partial charge in [0.05, 0.1) is 5.71 Å². The minimum absolute atomic E-state index is 0.482. The van der Waals surface area contributed by atoms with E-state index in [4.69, 9.17) is 16.6 Å². The van der Waals surface area contributed by atoms with Gasteiger partial charge in [-0.05, 0) is 38.3 Å². The fourth-order valence-corrected chi connectivity index (χ4v) is 5.19. The molecule has 0 amide bonds. The van der Waals surface area contributed by atoms with Gasteiger partial charge in [-0.1, -0.05) is 29.8 Å². The van der Waals surface area contributed by atoms with Crippen molar-refractivity contribution in [2.24, 2.45) is 4.99 Å². The molecule has 0 bridgehead atoms. The van der Waals surface area contributed by atoms with Gasteiger partial charge in [0, 0.05) is 27.6 Å². The molecule has 0 fully saturated rings. The number of benzene rings is 1. The molecule has 0 radical (unpaired) electrons. The quantitative estimate of drug-likeness (QED) is 0.422. The summed E-state index contributed by atoms with van der Waals surface area (Å²) in [6.45, 7) is 3.35. The Morgan fingerprint density at radius 1 is 1.13 bits per heavy atom. The minimum atomic E-state index is 0.482. The Morgan fingerprint density at radius 3 is 2.87 bits per heavy atom. The molecular formula is C21H20ClN7S. The number of halogens is 1. The Morgan fingerprint density at radius 2 is 2.03 bits per heavy atom. The Balaban J connectivity index is 1.47. The largest absolute Gasteiger partial charge is 0.276 e. The van der Waals surface area contributed by atoms with E-state index in [2.05, 4.69) is 30.9 Å². The highest BCUT2D eigenvalue weighted by atomic mass is 35.5. The molecule has 0 aliphatic carbocycles. The first-order chi connectivity index (χ1) is 14.7. The zero-order chi connectivity index (χ0) is 20.5. The van der Waals surface area contributed by atoms with Crippen molar-refractivity contribution in [2.75, 3.05) is 0 Å². The Hall–Kier alpha value is -2.84. The molecule has 1 aliphatic rings. The van der Waals surface area contributed by atoms with Gasteiger partial charge in [0.25, 0.3) is 0 Å². The third-order valence-corrected chi connectivity index (χ3v) is 6.66. The van der Waals surface area contributed by atoms with E-state index < -0.39 is 0 Å². The Labute approximate surface area is 183 Å². The highest BCUT2D eigenvalue weighted by Crippen LogP contribution is 2.35. The topological polar surface area (TPSA) is 73.8 Å². The molecule has 1 aliphatic heterocycles. The second kappa shape index (κ2) is 8.12. The molecule has 5 rings (SSSR count). The molecule has 0 atom stereocenters. The van der Waals surface area contributed by atoms with Crippen LogP contribution in [0.4, 0.5) is 0 Å². The molecule has 3 aromatic heterocycles. The van der Waals surface area contributed by atoms with Crippen LogP contribution in [0.2, 0.25) is 5.02 Å².